The predicted octanol–water partition coefficient (Wildman–Crippen LogP) is 3.01. The molecule has 0 radical (unpaired) electrons. The number of nitrogens with one attached hydrogen (secondary N) is 1. The van der Waals surface area contributed by atoms with Gasteiger partial charge in [0.05, 0.1) is 31.4 Å². The number of nitrogens with zero attached hydrogens (tertiary/aromatic N) is 7. The number of amides is 1. The Kier molecular flexibility index (Phi) is 8.12. The van der Waals surface area contributed by atoms with E-state index in [-0.39, 0.29) is 17.9 Å². The SMILES string of the molecule is CC1CN(c2ccc(Nc3ncnc(-c4ccc(OC5CCN(C=O)CC5F)c(C#N)c4)n3)cc2)CCN1C1COC1. The third kappa shape index (κ3) is 5.98. The fourth-order valence-corrected chi connectivity index (χ4v) is 5.70. The number of hydrogen-bond donors (Lipinski definition) is 1. The fourth-order valence-electron chi connectivity index (χ4n) is 5.70. The molecule has 0 aliphatic carbocycles. The first-order valence-corrected chi connectivity index (χ1v) is 14.2. The van der Waals surface area contributed by atoms with Gasteiger partial charge in [-0.15, -0.1) is 0 Å². The molecule has 12 heteroatoms. The average Bonchev–Trinajstić information content (AvgIpc) is 2.99. The van der Waals surface area contributed by atoms with Crippen molar-refractivity contribution in [3.05, 3.63) is 54.4 Å². The van der Waals surface area contributed by atoms with Crippen molar-refractivity contribution in [1.82, 2.24) is 24.8 Å². The molecule has 3 aromatic rings. The van der Waals surface area contributed by atoms with Crippen LogP contribution in [0, 0.1) is 11.3 Å². The molecular formula is C30H33FN8O3. The molecule has 1 N–H and O–H groups in total. The van der Waals surface area contributed by atoms with Gasteiger partial charge in [0, 0.05) is 55.6 Å². The van der Waals surface area contributed by atoms with Crippen molar-refractivity contribution < 1.29 is 18.7 Å². The minimum Gasteiger partial charge on any atom is -0.486 e. The van der Waals surface area contributed by atoms with Crippen LogP contribution in [0.1, 0.15) is 18.9 Å². The Morgan fingerprint density at radius 1 is 1.12 bits per heavy atom. The molecule has 0 bridgehead atoms. The Hall–Kier alpha value is -4.34. The summed E-state index contributed by atoms with van der Waals surface area (Å²) in [4.78, 5) is 30.4. The van der Waals surface area contributed by atoms with Crippen LogP contribution in [0.3, 0.4) is 0 Å². The predicted molar refractivity (Wildman–Crippen MR) is 154 cm³/mol. The van der Waals surface area contributed by atoms with Crippen LogP contribution in [0.25, 0.3) is 11.4 Å². The molecule has 42 heavy (non-hydrogen) atoms. The van der Waals surface area contributed by atoms with Gasteiger partial charge in [-0.25, -0.2) is 14.4 Å². The number of ether oxygens (including phenoxy) is 2. The second kappa shape index (κ2) is 12.3. The van der Waals surface area contributed by atoms with E-state index >= 15 is 0 Å². The highest BCUT2D eigenvalue weighted by Gasteiger charge is 2.33. The number of alkyl halides is 1. The Labute approximate surface area is 243 Å². The summed E-state index contributed by atoms with van der Waals surface area (Å²) in [5.74, 6) is 1.05. The Morgan fingerprint density at radius 3 is 2.64 bits per heavy atom. The maximum atomic E-state index is 14.5. The van der Waals surface area contributed by atoms with Crippen molar-refractivity contribution in [2.24, 2.45) is 0 Å². The lowest BCUT2D eigenvalue weighted by Crippen LogP contribution is -2.60. The molecule has 218 valence electrons. The first kappa shape index (κ1) is 27.8. The van der Waals surface area contributed by atoms with Gasteiger partial charge < -0.3 is 24.6 Å². The zero-order chi connectivity index (χ0) is 29.1. The smallest absolute Gasteiger partial charge is 0.230 e. The Bertz CT molecular complexity index is 1450. The third-order valence-corrected chi connectivity index (χ3v) is 8.13. The number of nitriles is 1. The summed E-state index contributed by atoms with van der Waals surface area (Å²) < 4.78 is 25.7. The molecule has 1 amide bonds. The number of benzene rings is 2. The highest BCUT2D eigenvalue weighted by atomic mass is 19.1. The number of rotatable bonds is 8. The molecule has 3 aliphatic heterocycles. The van der Waals surface area contributed by atoms with Crippen LogP contribution >= 0.6 is 0 Å². The summed E-state index contributed by atoms with van der Waals surface area (Å²) >= 11 is 0. The highest BCUT2D eigenvalue weighted by molar-refractivity contribution is 5.64. The molecule has 3 atom stereocenters. The number of aromatic nitrogens is 3. The van der Waals surface area contributed by atoms with E-state index in [9.17, 15) is 14.4 Å². The third-order valence-electron chi connectivity index (χ3n) is 8.13. The van der Waals surface area contributed by atoms with Crippen molar-refractivity contribution in [3.8, 4) is 23.2 Å². The zero-order valence-electron chi connectivity index (χ0n) is 23.4. The molecule has 0 spiro atoms. The number of hydrogen-bond acceptors (Lipinski definition) is 10. The van der Waals surface area contributed by atoms with Crippen molar-refractivity contribution in [3.63, 3.8) is 0 Å². The molecule has 3 aliphatic rings. The largest absolute Gasteiger partial charge is 0.486 e. The van der Waals surface area contributed by atoms with Crippen LogP contribution in [0.4, 0.5) is 21.7 Å². The van der Waals surface area contributed by atoms with E-state index in [1.165, 1.54) is 16.9 Å². The van der Waals surface area contributed by atoms with Gasteiger partial charge in [0.25, 0.3) is 0 Å². The minimum atomic E-state index is -1.33. The Morgan fingerprint density at radius 2 is 1.95 bits per heavy atom. The molecule has 6 rings (SSSR count). The fraction of sp³-hybridized carbons (Fsp3) is 0.433. The number of anilines is 3. The molecule has 0 saturated carbocycles. The summed E-state index contributed by atoms with van der Waals surface area (Å²) in [6, 6.07) is 16.3. The lowest BCUT2D eigenvalue weighted by atomic mass is 10.1. The summed E-state index contributed by atoms with van der Waals surface area (Å²) in [7, 11) is 0. The van der Waals surface area contributed by atoms with E-state index in [0.29, 0.717) is 48.8 Å². The van der Waals surface area contributed by atoms with Crippen LogP contribution < -0.4 is 15.0 Å². The van der Waals surface area contributed by atoms with Gasteiger partial charge in [-0.2, -0.15) is 10.2 Å². The first-order valence-electron chi connectivity index (χ1n) is 14.2. The molecule has 3 fully saturated rings. The highest BCUT2D eigenvalue weighted by Crippen LogP contribution is 2.29. The quantitative estimate of drug-likeness (QED) is 0.404. The van der Waals surface area contributed by atoms with Crippen LogP contribution in [0.15, 0.2) is 48.8 Å². The van der Waals surface area contributed by atoms with Gasteiger partial charge in [-0.05, 0) is 49.4 Å². The minimum absolute atomic E-state index is 0.0235. The van der Waals surface area contributed by atoms with E-state index in [0.717, 1.165) is 38.5 Å². The molecule has 3 saturated heterocycles. The average molecular weight is 573 g/mol. The molecular weight excluding hydrogens is 539 g/mol. The maximum absolute atomic E-state index is 14.5. The van der Waals surface area contributed by atoms with Gasteiger partial charge in [-0.3, -0.25) is 9.69 Å². The summed E-state index contributed by atoms with van der Waals surface area (Å²) in [6.45, 7) is 7.32. The summed E-state index contributed by atoms with van der Waals surface area (Å²) in [5.41, 5.74) is 2.87. The van der Waals surface area contributed by atoms with Gasteiger partial charge in [0.15, 0.2) is 12.0 Å². The van der Waals surface area contributed by atoms with Crippen molar-refractivity contribution >= 4 is 23.7 Å². The lowest BCUT2D eigenvalue weighted by molar-refractivity contribution is -0.121. The number of halogens is 1. The number of likely N-dealkylation sites (tertiary alicyclic amines) is 1. The number of piperazine rings is 1. The number of carbonyl (C=O) groups excluding carboxylic acids is 1. The van der Waals surface area contributed by atoms with Crippen LogP contribution in [0.2, 0.25) is 0 Å². The second-order valence-electron chi connectivity index (χ2n) is 10.9. The Balaban J connectivity index is 1.10. The van der Waals surface area contributed by atoms with Gasteiger partial charge in [0.1, 0.15) is 24.3 Å². The van der Waals surface area contributed by atoms with E-state index < -0.39 is 12.3 Å². The first-order chi connectivity index (χ1) is 20.5. The van der Waals surface area contributed by atoms with Gasteiger partial charge >= 0.3 is 0 Å². The second-order valence-corrected chi connectivity index (χ2v) is 10.9. The van der Waals surface area contributed by atoms with E-state index in [2.05, 4.69) is 55.2 Å². The van der Waals surface area contributed by atoms with Crippen LogP contribution in [-0.4, -0.2) is 101 Å². The molecule has 11 nitrogen and oxygen atoms in total. The standard InChI is InChI=1S/C30H33FN8O3/c1-20-14-38(10-11-39(20)25-16-41-17-25)24-5-3-23(4-6-24)35-30-34-18-33-29(36-30)21-2-7-27(22(12-21)13-32)42-28-8-9-37(19-40)15-26(28)31/h2-7,12,18-20,25-26,28H,8-11,14-17H2,1H3,(H,33,34,35,36). The molecule has 4 heterocycles. The van der Waals surface area contributed by atoms with Crippen LogP contribution in [0.5, 0.6) is 5.75 Å². The van der Waals surface area contributed by atoms with Crippen molar-refractivity contribution in [2.75, 3.05) is 56.2 Å². The van der Waals surface area contributed by atoms with E-state index in [1.54, 1.807) is 18.2 Å². The summed E-state index contributed by atoms with van der Waals surface area (Å²) in [6.07, 6.45) is 0.345. The van der Waals surface area contributed by atoms with Crippen molar-refractivity contribution in [1.29, 1.82) is 5.26 Å². The monoisotopic (exact) mass is 572 g/mol. The van der Waals surface area contributed by atoms with Crippen LogP contribution in [-0.2, 0) is 9.53 Å². The van der Waals surface area contributed by atoms with Gasteiger partial charge in [0.2, 0.25) is 12.4 Å². The van der Waals surface area contributed by atoms with E-state index in [4.69, 9.17) is 9.47 Å². The van der Waals surface area contributed by atoms with Crippen molar-refractivity contribution in [2.45, 2.75) is 37.7 Å². The zero-order valence-corrected chi connectivity index (χ0v) is 23.4. The molecule has 2 aromatic carbocycles. The molecule has 1 aromatic heterocycles. The normalized spacial score (nSPS) is 23.1. The van der Waals surface area contributed by atoms with Gasteiger partial charge in [-0.1, -0.05) is 0 Å². The maximum Gasteiger partial charge on any atom is 0.230 e. The molecule has 3 unspecified atom stereocenters. The lowest BCUT2D eigenvalue weighted by Gasteiger charge is -2.47. The summed E-state index contributed by atoms with van der Waals surface area (Å²) in [5, 5.41) is 13.0. The topological polar surface area (TPSA) is 120 Å². The number of carbonyl (C=O) groups is 1. The number of piperidine rings is 1. The van der Waals surface area contributed by atoms with E-state index in [1.807, 2.05) is 12.1 Å².